The largest absolute Gasteiger partial charge is 0.473 e. The Bertz CT molecular complexity index is 1370. The normalized spacial score (nSPS) is 20.8. The summed E-state index contributed by atoms with van der Waals surface area (Å²) in [4.78, 5) is 40.0. The summed E-state index contributed by atoms with van der Waals surface area (Å²) in [7, 11) is 0. The van der Waals surface area contributed by atoms with Gasteiger partial charge in [0.2, 0.25) is 17.7 Å². The predicted molar refractivity (Wildman–Crippen MR) is 148 cm³/mol. The Kier molecular flexibility index (Phi) is 8.68. The molecule has 1 amide bonds. The molecule has 1 saturated carbocycles. The first-order valence-electron chi connectivity index (χ1n) is 14.0. The highest BCUT2D eigenvalue weighted by Gasteiger charge is 2.39. The van der Waals surface area contributed by atoms with Gasteiger partial charge in [-0.05, 0) is 56.7 Å². The Morgan fingerprint density at radius 1 is 1.00 bits per heavy atom. The lowest BCUT2D eigenvalue weighted by Crippen LogP contribution is -2.33. The number of aromatic nitrogens is 3. The average molecular weight is 565 g/mol. The van der Waals surface area contributed by atoms with Gasteiger partial charge in [0.1, 0.15) is 12.3 Å². The van der Waals surface area contributed by atoms with Crippen LogP contribution in [-0.4, -0.2) is 39.2 Å². The lowest BCUT2D eigenvalue weighted by atomic mass is 9.83. The van der Waals surface area contributed by atoms with Crippen LogP contribution in [0.15, 0.2) is 48.7 Å². The summed E-state index contributed by atoms with van der Waals surface area (Å²) < 4.78 is 39.1. The maximum absolute atomic E-state index is 13.7. The van der Waals surface area contributed by atoms with E-state index in [1.54, 1.807) is 26.1 Å². The standard InChI is InChI=1S/C31H34F2N4O4/c1-19-20(2)36-29(27(35-19)28(38)22-10-13-31(32,33)14-11-22)37-30(39)23-12-15-40-25(16-23)24-8-9-26(34-17-24)41-18-21-6-4-3-5-7-21/h3-9,17,22-23,25H,10-16,18H2,1-2H3,(H,36,37,39)/t23-,25+/m0/s1. The van der Waals surface area contributed by atoms with Crippen LogP contribution in [-0.2, 0) is 16.1 Å². The summed E-state index contributed by atoms with van der Waals surface area (Å²) in [5.41, 5.74) is 3.06. The van der Waals surface area contributed by atoms with E-state index in [4.69, 9.17) is 9.47 Å². The molecule has 1 aromatic carbocycles. The summed E-state index contributed by atoms with van der Waals surface area (Å²) in [6.45, 7) is 4.27. The second kappa shape index (κ2) is 12.4. The van der Waals surface area contributed by atoms with E-state index >= 15 is 0 Å². The topological polar surface area (TPSA) is 103 Å². The first-order valence-corrected chi connectivity index (χ1v) is 14.0. The SMILES string of the molecule is Cc1nc(NC(=O)[C@H]2CCO[C@@H](c3ccc(OCc4ccccc4)nc3)C2)c(C(=O)C2CCC(F)(F)CC2)nc1C. The molecule has 1 saturated heterocycles. The second-order valence-corrected chi connectivity index (χ2v) is 10.9. The van der Waals surface area contributed by atoms with Crippen LogP contribution in [0.5, 0.6) is 5.88 Å². The fraction of sp³-hybridized carbons (Fsp3) is 0.452. The Hall–Kier alpha value is -3.79. The monoisotopic (exact) mass is 564 g/mol. The number of carbonyl (C=O) groups excluding carboxylic acids is 2. The lowest BCUT2D eigenvalue weighted by Gasteiger charge is -2.29. The molecule has 1 aliphatic heterocycles. The minimum absolute atomic E-state index is 0.0376. The lowest BCUT2D eigenvalue weighted by molar-refractivity contribution is -0.125. The highest BCUT2D eigenvalue weighted by molar-refractivity contribution is 6.04. The van der Waals surface area contributed by atoms with Crippen LogP contribution in [0.4, 0.5) is 14.6 Å². The molecule has 216 valence electrons. The number of hydrogen-bond donors (Lipinski definition) is 1. The zero-order valence-corrected chi connectivity index (χ0v) is 23.2. The number of nitrogens with zero attached hydrogens (tertiary/aromatic N) is 3. The number of ether oxygens (including phenoxy) is 2. The molecule has 0 radical (unpaired) electrons. The third-order valence-electron chi connectivity index (χ3n) is 7.89. The van der Waals surface area contributed by atoms with E-state index in [-0.39, 0.29) is 60.9 Å². The fourth-order valence-corrected chi connectivity index (χ4v) is 5.24. The molecule has 0 unspecified atom stereocenters. The number of nitrogens with one attached hydrogen (secondary N) is 1. The maximum Gasteiger partial charge on any atom is 0.248 e. The van der Waals surface area contributed by atoms with Gasteiger partial charge >= 0.3 is 0 Å². The molecule has 0 spiro atoms. The van der Waals surface area contributed by atoms with E-state index in [1.165, 1.54) is 0 Å². The number of ketones is 1. The molecule has 3 aromatic rings. The van der Waals surface area contributed by atoms with Crippen LogP contribution in [0.3, 0.4) is 0 Å². The molecule has 3 heterocycles. The van der Waals surface area contributed by atoms with Crippen molar-refractivity contribution in [2.45, 2.75) is 71.0 Å². The molecular formula is C31H34F2N4O4. The van der Waals surface area contributed by atoms with Crippen LogP contribution < -0.4 is 10.1 Å². The first-order chi connectivity index (χ1) is 19.7. The van der Waals surface area contributed by atoms with Crippen molar-refractivity contribution in [3.05, 3.63) is 76.9 Å². The van der Waals surface area contributed by atoms with Gasteiger partial charge in [0.25, 0.3) is 0 Å². The van der Waals surface area contributed by atoms with Gasteiger partial charge in [-0.25, -0.2) is 23.7 Å². The summed E-state index contributed by atoms with van der Waals surface area (Å²) in [5, 5.41) is 2.83. The van der Waals surface area contributed by atoms with Gasteiger partial charge < -0.3 is 14.8 Å². The minimum Gasteiger partial charge on any atom is -0.473 e. The number of alkyl halides is 2. The molecule has 1 aliphatic carbocycles. The number of Topliss-reactive ketones (excluding diaryl/α,β-unsaturated/α-hetero) is 1. The quantitative estimate of drug-likeness (QED) is 0.326. The molecule has 10 heteroatoms. The van der Waals surface area contributed by atoms with Gasteiger partial charge in [-0.1, -0.05) is 30.3 Å². The zero-order valence-electron chi connectivity index (χ0n) is 23.2. The van der Waals surface area contributed by atoms with Crippen molar-refractivity contribution in [3.8, 4) is 5.88 Å². The van der Waals surface area contributed by atoms with Gasteiger partial charge in [0.05, 0.1) is 17.5 Å². The number of anilines is 1. The summed E-state index contributed by atoms with van der Waals surface area (Å²) in [5.74, 6) is -3.75. The molecule has 2 fully saturated rings. The predicted octanol–water partition coefficient (Wildman–Crippen LogP) is 6.18. The van der Waals surface area contributed by atoms with Crippen LogP contribution in [0, 0.1) is 25.7 Å². The van der Waals surface area contributed by atoms with Gasteiger partial charge in [0, 0.05) is 43.5 Å². The van der Waals surface area contributed by atoms with Crippen molar-refractivity contribution in [3.63, 3.8) is 0 Å². The molecule has 0 bridgehead atoms. The van der Waals surface area contributed by atoms with Crippen molar-refractivity contribution in [1.29, 1.82) is 0 Å². The fourth-order valence-electron chi connectivity index (χ4n) is 5.24. The molecule has 2 aliphatic rings. The molecule has 1 N–H and O–H groups in total. The highest BCUT2D eigenvalue weighted by Crippen LogP contribution is 2.38. The van der Waals surface area contributed by atoms with E-state index in [9.17, 15) is 18.4 Å². The number of benzene rings is 1. The van der Waals surface area contributed by atoms with Crippen molar-refractivity contribution in [1.82, 2.24) is 15.0 Å². The Morgan fingerprint density at radius 3 is 2.44 bits per heavy atom. The Morgan fingerprint density at radius 2 is 1.73 bits per heavy atom. The third-order valence-corrected chi connectivity index (χ3v) is 7.89. The summed E-state index contributed by atoms with van der Waals surface area (Å²) in [6.07, 6.45) is 1.81. The van der Waals surface area contributed by atoms with Crippen LogP contribution in [0.1, 0.15) is 77.6 Å². The van der Waals surface area contributed by atoms with Gasteiger partial charge in [0.15, 0.2) is 11.6 Å². The van der Waals surface area contributed by atoms with E-state index < -0.39 is 11.8 Å². The molecule has 8 nitrogen and oxygen atoms in total. The number of carbonyl (C=O) groups is 2. The van der Waals surface area contributed by atoms with Gasteiger partial charge in [-0.15, -0.1) is 0 Å². The van der Waals surface area contributed by atoms with Crippen molar-refractivity contribution < 1.29 is 27.8 Å². The van der Waals surface area contributed by atoms with E-state index in [0.717, 1.165) is 11.1 Å². The second-order valence-electron chi connectivity index (χ2n) is 10.9. The smallest absolute Gasteiger partial charge is 0.248 e. The Balaban J connectivity index is 1.23. The zero-order chi connectivity index (χ0) is 29.0. The van der Waals surface area contributed by atoms with Gasteiger partial charge in [-0.3, -0.25) is 9.59 Å². The first kappa shape index (κ1) is 28.7. The minimum atomic E-state index is -2.74. The van der Waals surface area contributed by atoms with Crippen molar-refractivity contribution in [2.24, 2.45) is 11.8 Å². The third kappa shape index (κ3) is 7.11. The number of aryl methyl sites for hydroxylation is 2. The van der Waals surface area contributed by atoms with Crippen LogP contribution in [0.25, 0.3) is 0 Å². The van der Waals surface area contributed by atoms with Crippen LogP contribution in [0.2, 0.25) is 0 Å². The summed E-state index contributed by atoms with van der Waals surface area (Å²) in [6, 6.07) is 13.5. The molecule has 5 rings (SSSR count). The number of pyridine rings is 1. The van der Waals surface area contributed by atoms with Crippen molar-refractivity contribution in [2.75, 3.05) is 11.9 Å². The van der Waals surface area contributed by atoms with E-state index in [0.29, 0.717) is 43.3 Å². The number of amides is 1. The molecule has 2 aromatic heterocycles. The highest BCUT2D eigenvalue weighted by atomic mass is 19.3. The van der Waals surface area contributed by atoms with E-state index in [2.05, 4.69) is 20.3 Å². The maximum atomic E-state index is 13.7. The molecule has 2 atom stereocenters. The Labute approximate surface area is 237 Å². The number of halogens is 2. The molecular weight excluding hydrogens is 530 g/mol. The van der Waals surface area contributed by atoms with Gasteiger partial charge in [-0.2, -0.15) is 0 Å². The molecule has 41 heavy (non-hydrogen) atoms. The van der Waals surface area contributed by atoms with Crippen LogP contribution >= 0.6 is 0 Å². The average Bonchev–Trinajstić information content (AvgIpc) is 2.98. The summed E-state index contributed by atoms with van der Waals surface area (Å²) >= 11 is 0. The number of hydrogen-bond acceptors (Lipinski definition) is 7. The number of rotatable bonds is 8. The van der Waals surface area contributed by atoms with E-state index in [1.807, 2.05) is 36.4 Å². The van der Waals surface area contributed by atoms with Crippen molar-refractivity contribution >= 4 is 17.5 Å².